The summed E-state index contributed by atoms with van der Waals surface area (Å²) in [7, 11) is 0. The van der Waals surface area contributed by atoms with Gasteiger partial charge in [-0.2, -0.15) is 0 Å². The van der Waals surface area contributed by atoms with E-state index in [9.17, 15) is 5.11 Å². The van der Waals surface area contributed by atoms with Gasteiger partial charge in [-0.15, -0.1) is 44.2 Å². The Kier molecular flexibility index (Phi) is 9.34. The van der Waals surface area contributed by atoms with E-state index in [0.717, 1.165) is 50.8 Å². The second-order valence-electron chi connectivity index (χ2n) is 5.66. The highest BCUT2D eigenvalue weighted by Crippen LogP contribution is 2.28. The van der Waals surface area contributed by atoms with Gasteiger partial charge in [0.2, 0.25) is 0 Å². The number of aryl methyl sites for hydroxylation is 1. The third-order valence-electron chi connectivity index (χ3n) is 3.99. The van der Waals surface area contributed by atoms with Gasteiger partial charge in [-0.25, -0.2) is 0 Å². The molecule has 1 aromatic carbocycles. The monoisotopic (exact) mass is 474 g/mol. The highest BCUT2D eigenvalue weighted by molar-refractivity contribution is 8.93. The van der Waals surface area contributed by atoms with Crippen LogP contribution in [0.15, 0.2) is 30.3 Å². The normalized spacial score (nSPS) is 14.3. The number of phenols is 1. The van der Waals surface area contributed by atoms with E-state index in [1.165, 1.54) is 0 Å². The van der Waals surface area contributed by atoms with E-state index in [1.807, 2.05) is 25.1 Å². The molecule has 0 atom stereocenters. The van der Waals surface area contributed by atoms with Crippen molar-refractivity contribution >= 4 is 39.8 Å². The zero-order valence-corrected chi connectivity index (χ0v) is 17.6. The predicted molar refractivity (Wildman–Crippen MR) is 110 cm³/mol. The molecule has 1 fully saturated rings. The molecule has 0 amide bonds. The number of halogens is 2. The van der Waals surface area contributed by atoms with Crippen LogP contribution in [0.2, 0.25) is 0 Å². The quantitative estimate of drug-likeness (QED) is 0.692. The Balaban J connectivity index is 0.00000156. The number of morpholine rings is 1. The van der Waals surface area contributed by atoms with Gasteiger partial charge in [0.05, 0.1) is 18.9 Å². The van der Waals surface area contributed by atoms with Crippen molar-refractivity contribution < 1.29 is 9.84 Å². The van der Waals surface area contributed by atoms with Gasteiger partial charge in [0, 0.05) is 31.7 Å². The number of rotatable bonds is 5. The lowest BCUT2D eigenvalue weighted by atomic mass is 10.1. The molecule has 6 nitrogen and oxygen atoms in total. The fourth-order valence-corrected chi connectivity index (χ4v) is 2.64. The summed E-state index contributed by atoms with van der Waals surface area (Å²) in [4.78, 5) is 2.37. The number of ether oxygens (including phenoxy) is 1. The molecule has 8 heteroatoms. The molecule has 0 spiro atoms. The Hall–Kier alpha value is -1.22. The molecule has 1 saturated heterocycles. The predicted octanol–water partition coefficient (Wildman–Crippen LogP) is 3.06. The van der Waals surface area contributed by atoms with Gasteiger partial charge < -0.3 is 15.2 Å². The van der Waals surface area contributed by atoms with E-state index in [0.29, 0.717) is 11.3 Å². The second kappa shape index (κ2) is 10.7. The molecule has 0 saturated carbocycles. The number of nitrogens with one attached hydrogen (secondary N) is 1. The Morgan fingerprint density at radius 3 is 2.56 bits per heavy atom. The number of anilines is 1. The molecule has 0 bridgehead atoms. The van der Waals surface area contributed by atoms with Gasteiger partial charge in [0.1, 0.15) is 5.75 Å². The number of aromatic nitrogens is 2. The summed E-state index contributed by atoms with van der Waals surface area (Å²) in [5, 5.41) is 21.7. The average molecular weight is 476 g/mol. The van der Waals surface area contributed by atoms with Crippen molar-refractivity contribution in [3.63, 3.8) is 0 Å². The molecule has 0 aliphatic carbocycles. The summed E-state index contributed by atoms with van der Waals surface area (Å²) in [5.41, 5.74) is 2.39. The first-order valence-corrected chi connectivity index (χ1v) is 7.91. The maximum absolute atomic E-state index is 9.91. The molecular formula is C17H24Br2N4O2. The standard InChI is InChI=1S/C17H22N4O2.2BrH/c1-13-12-15(14-4-2-3-5-16(14)22)19-20-17(13)18-6-7-21-8-10-23-11-9-21;;/h2-5,12,22H,6-11H2,1H3,(H,18,20);2*1H. The Morgan fingerprint density at radius 1 is 1.16 bits per heavy atom. The molecule has 0 unspecified atom stereocenters. The number of hydrogen-bond donors (Lipinski definition) is 2. The molecular weight excluding hydrogens is 452 g/mol. The first-order valence-electron chi connectivity index (χ1n) is 7.91. The third kappa shape index (κ3) is 5.91. The number of hydrogen-bond acceptors (Lipinski definition) is 6. The summed E-state index contributed by atoms with van der Waals surface area (Å²) in [6, 6.07) is 9.10. The zero-order chi connectivity index (χ0) is 16.1. The lowest BCUT2D eigenvalue weighted by molar-refractivity contribution is 0.0398. The number of nitrogens with zero attached hydrogens (tertiary/aromatic N) is 3. The lowest BCUT2D eigenvalue weighted by Crippen LogP contribution is -2.39. The fraction of sp³-hybridized carbons (Fsp3) is 0.412. The van der Waals surface area contributed by atoms with Gasteiger partial charge in [0.25, 0.3) is 0 Å². The summed E-state index contributed by atoms with van der Waals surface area (Å²) >= 11 is 0. The summed E-state index contributed by atoms with van der Waals surface area (Å²) in [6.45, 7) is 7.38. The van der Waals surface area contributed by atoms with Crippen LogP contribution >= 0.6 is 34.0 Å². The topological polar surface area (TPSA) is 70.5 Å². The van der Waals surface area contributed by atoms with Crippen LogP contribution in [0.5, 0.6) is 5.75 Å². The Labute approximate surface area is 169 Å². The first-order chi connectivity index (χ1) is 11.2. The van der Waals surface area contributed by atoms with E-state index in [-0.39, 0.29) is 39.7 Å². The van der Waals surface area contributed by atoms with Crippen molar-refractivity contribution in [2.45, 2.75) is 6.92 Å². The molecule has 2 heterocycles. The lowest BCUT2D eigenvalue weighted by Gasteiger charge is -2.26. The Bertz CT molecular complexity index is 667. The van der Waals surface area contributed by atoms with Crippen molar-refractivity contribution in [3.8, 4) is 17.0 Å². The van der Waals surface area contributed by atoms with E-state index in [2.05, 4.69) is 20.4 Å². The third-order valence-corrected chi connectivity index (χ3v) is 3.99. The number of para-hydroxylation sites is 1. The number of benzene rings is 1. The van der Waals surface area contributed by atoms with Crippen molar-refractivity contribution in [1.29, 1.82) is 0 Å². The molecule has 25 heavy (non-hydrogen) atoms. The van der Waals surface area contributed by atoms with Crippen LogP contribution in [0.3, 0.4) is 0 Å². The Morgan fingerprint density at radius 2 is 1.88 bits per heavy atom. The number of aromatic hydroxyl groups is 1. The maximum Gasteiger partial charge on any atom is 0.151 e. The fourth-order valence-electron chi connectivity index (χ4n) is 2.64. The van der Waals surface area contributed by atoms with E-state index >= 15 is 0 Å². The largest absolute Gasteiger partial charge is 0.507 e. The molecule has 3 rings (SSSR count). The minimum atomic E-state index is 0. The van der Waals surface area contributed by atoms with Crippen molar-refractivity contribution in [3.05, 3.63) is 35.9 Å². The van der Waals surface area contributed by atoms with Gasteiger partial charge in [-0.3, -0.25) is 4.90 Å². The van der Waals surface area contributed by atoms with Gasteiger partial charge >= 0.3 is 0 Å². The van der Waals surface area contributed by atoms with E-state index in [1.54, 1.807) is 12.1 Å². The first kappa shape index (κ1) is 21.8. The van der Waals surface area contributed by atoms with Crippen molar-refractivity contribution in [2.24, 2.45) is 0 Å². The van der Waals surface area contributed by atoms with Gasteiger partial charge in [-0.1, -0.05) is 12.1 Å². The second-order valence-corrected chi connectivity index (χ2v) is 5.66. The van der Waals surface area contributed by atoms with Crippen LogP contribution < -0.4 is 5.32 Å². The van der Waals surface area contributed by atoms with Crippen LogP contribution in [-0.2, 0) is 4.74 Å². The van der Waals surface area contributed by atoms with Crippen LogP contribution in [0.25, 0.3) is 11.3 Å². The van der Waals surface area contributed by atoms with Crippen LogP contribution in [0, 0.1) is 6.92 Å². The minimum absolute atomic E-state index is 0. The maximum atomic E-state index is 9.91. The molecule has 1 aliphatic heterocycles. The van der Waals surface area contributed by atoms with Crippen LogP contribution in [-0.4, -0.2) is 59.6 Å². The molecule has 0 radical (unpaired) electrons. The van der Waals surface area contributed by atoms with Gasteiger partial charge in [-0.05, 0) is 30.7 Å². The average Bonchev–Trinajstić information content (AvgIpc) is 2.58. The summed E-state index contributed by atoms with van der Waals surface area (Å²) < 4.78 is 5.34. The SMILES string of the molecule is Br.Br.Cc1cc(-c2ccccc2O)nnc1NCCN1CCOCC1. The van der Waals surface area contributed by atoms with Crippen LogP contribution in [0.1, 0.15) is 5.56 Å². The van der Waals surface area contributed by atoms with Gasteiger partial charge in [0.15, 0.2) is 5.82 Å². The van der Waals surface area contributed by atoms with Crippen molar-refractivity contribution in [2.75, 3.05) is 44.7 Å². The minimum Gasteiger partial charge on any atom is -0.507 e. The molecule has 138 valence electrons. The number of phenolic OH excluding ortho intramolecular Hbond substituents is 1. The van der Waals surface area contributed by atoms with Crippen molar-refractivity contribution in [1.82, 2.24) is 15.1 Å². The van der Waals surface area contributed by atoms with E-state index < -0.39 is 0 Å². The summed E-state index contributed by atoms with van der Waals surface area (Å²) in [5.74, 6) is 1.01. The molecule has 1 aliphatic rings. The smallest absolute Gasteiger partial charge is 0.151 e. The molecule has 2 N–H and O–H groups in total. The highest BCUT2D eigenvalue weighted by Gasteiger charge is 2.11. The van der Waals surface area contributed by atoms with E-state index in [4.69, 9.17) is 4.74 Å². The summed E-state index contributed by atoms with van der Waals surface area (Å²) in [6.07, 6.45) is 0. The zero-order valence-electron chi connectivity index (χ0n) is 14.1. The van der Waals surface area contributed by atoms with Crippen LogP contribution in [0.4, 0.5) is 5.82 Å². The molecule has 2 aromatic rings. The molecule has 1 aromatic heterocycles. The highest BCUT2D eigenvalue weighted by atomic mass is 79.9.